The van der Waals surface area contributed by atoms with Crippen molar-refractivity contribution in [3.8, 4) is 0 Å². The first-order valence-electron chi connectivity index (χ1n) is 8.48. The Hall–Kier alpha value is -2.09. The zero-order valence-corrected chi connectivity index (χ0v) is 14.4. The predicted octanol–water partition coefficient (Wildman–Crippen LogP) is 4.84. The first-order valence-corrected chi connectivity index (χ1v) is 8.48. The molecule has 0 unspecified atom stereocenters. The third-order valence-electron chi connectivity index (χ3n) is 3.28. The third kappa shape index (κ3) is 11.2. The summed E-state index contributed by atoms with van der Waals surface area (Å²) in [5.74, 6) is 0.463. The van der Waals surface area contributed by atoms with E-state index in [1.54, 1.807) is 12.2 Å². The van der Waals surface area contributed by atoms with Gasteiger partial charge in [-0.3, -0.25) is 4.79 Å². The highest BCUT2D eigenvalue weighted by Crippen LogP contribution is 2.03. The Labute approximate surface area is 141 Å². The molecule has 1 aromatic carbocycles. The van der Waals surface area contributed by atoms with Gasteiger partial charge in [0.25, 0.3) is 0 Å². The molecule has 1 aromatic rings. The summed E-state index contributed by atoms with van der Waals surface area (Å²) in [7, 11) is 0. The minimum absolute atomic E-state index is 0.0211. The first kappa shape index (κ1) is 19.0. The Morgan fingerprint density at radius 2 is 1.78 bits per heavy atom. The Morgan fingerprint density at radius 1 is 1.04 bits per heavy atom. The topological polar surface area (TPSA) is 29.1 Å². The summed E-state index contributed by atoms with van der Waals surface area (Å²) in [6.45, 7) is 4.89. The van der Waals surface area contributed by atoms with Crippen LogP contribution in [0.4, 0.5) is 0 Å². The van der Waals surface area contributed by atoms with Gasteiger partial charge in [-0.1, -0.05) is 74.6 Å². The maximum atomic E-state index is 11.4. The molecule has 2 nitrogen and oxygen atoms in total. The number of rotatable bonds is 10. The summed E-state index contributed by atoms with van der Waals surface area (Å²) in [5, 5.41) is 2.85. The molecule has 0 saturated heterocycles. The Kier molecular flexibility index (Phi) is 10.3. The van der Waals surface area contributed by atoms with Crippen LogP contribution in [0, 0.1) is 5.92 Å². The van der Waals surface area contributed by atoms with Crippen LogP contribution in [-0.2, 0) is 11.2 Å². The summed E-state index contributed by atoms with van der Waals surface area (Å²) in [6.07, 6.45) is 16.2. The van der Waals surface area contributed by atoms with Gasteiger partial charge in [-0.2, -0.15) is 0 Å². The Morgan fingerprint density at radius 3 is 2.52 bits per heavy atom. The van der Waals surface area contributed by atoms with Crippen LogP contribution in [-0.4, -0.2) is 12.5 Å². The number of benzene rings is 1. The van der Waals surface area contributed by atoms with Gasteiger partial charge in [0.2, 0.25) is 5.91 Å². The van der Waals surface area contributed by atoms with Crippen molar-refractivity contribution >= 4 is 5.91 Å². The van der Waals surface area contributed by atoms with E-state index in [-0.39, 0.29) is 5.91 Å². The molecular weight excluding hydrogens is 282 g/mol. The maximum Gasteiger partial charge on any atom is 0.243 e. The van der Waals surface area contributed by atoms with Crippen LogP contribution in [0.25, 0.3) is 0 Å². The number of unbranched alkanes of at least 4 members (excludes halogenated alkanes) is 2. The molecule has 0 heterocycles. The molecule has 0 aliphatic rings. The van der Waals surface area contributed by atoms with Gasteiger partial charge in [0.1, 0.15) is 0 Å². The Balaban J connectivity index is 2.04. The number of nitrogens with one attached hydrogen (secondary N) is 1. The summed E-state index contributed by atoms with van der Waals surface area (Å²) in [6, 6.07) is 10.5. The molecule has 1 N–H and O–H groups in total. The number of allylic oxidation sites excluding steroid dienone is 5. The minimum atomic E-state index is -0.0211. The highest BCUT2D eigenvalue weighted by Gasteiger charge is 1.95. The molecule has 0 bridgehead atoms. The van der Waals surface area contributed by atoms with Crippen molar-refractivity contribution in [3.63, 3.8) is 0 Å². The zero-order chi connectivity index (χ0) is 16.8. The van der Waals surface area contributed by atoms with Gasteiger partial charge in [-0.25, -0.2) is 0 Å². The molecular formula is C21H29NO. The lowest BCUT2D eigenvalue weighted by atomic mass is 10.1. The van der Waals surface area contributed by atoms with Crippen molar-refractivity contribution in [2.24, 2.45) is 5.92 Å². The van der Waals surface area contributed by atoms with E-state index in [0.29, 0.717) is 5.92 Å². The molecule has 1 rings (SSSR count). The average molecular weight is 311 g/mol. The van der Waals surface area contributed by atoms with Gasteiger partial charge in [0.15, 0.2) is 0 Å². The van der Waals surface area contributed by atoms with E-state index in [1.165, 1.54) is 5.56 Å². The van der Waals surface area contributed by atoms with Gasteiger partial charge in [0.05, 0.1) is 0 Å². The lowest BCUT2D eigenvalue weighted by Crippen LogP contribution is -2.25. The second kappa shape index (κ2) is 12.5. The highest BCUT2D eigenvalue weighted by atomic mass is 16.1. The third-order valence-corrected chi connectivity index (χ3v) is 3.28. The quantitative estimate of drug-likeness (QED) is 0.285. The van der Waals surface area contributed by atoms with Gasteiger partial charge in [0, 0.05) is 12.6 Å². The molecule has 23 heavy (non-hydrogen) atoms. The van der Waals surface area contributed by atoms with Crippen molar-refractivity contribution in [1.29, 1.82) is 0 Å². The minimum Gasteiger partial charge on any atom is -0.352 e. The van der Waals surface area contributed by atoms with Crippen LogP contribution in [0.5, 0.6) is 0 Å². The van der Waals surface area contributed by atoms with Crippen molar-refractivity contribution in [3.05, 3.63) is 72.4 Å². The second-order valence-corrected chi connectivity index (χ2v) is 6.02. The smallest absolute Gasteiger partial charge is 0.243 e. The fourth-order valence-corrected chi connectivity index (χ4v) is 1.99. The SMILES string of the molecule is CC(C)CNC(=O)/C=C/C=C/CCC/C=C/Cc1ccccc1. The van der Waals surface area contributed by atoms with Crippen LogP contribution in [0.1, 0.15) is 38.7 Å². The van der Waals surface area contributed by atoms with Crippen LogP contribution in [0.15, 0.2) is 66.8 Å². The normalized spacial score (nSPS) is 12.0. The summed E-state index contributed by atoms with van der Waals surface area (Å²) in [4.78, 5) is 11.4. The van der Waals surface area contributed by atoms with Gasteiger partial charge < -0.3 is 5.32 Å². The van der Waals surface area contributed by atoms with E-state index in [9.17, 15) is 4.79 Å². The second-order valence-electron chi connectivity index (χ2n) is 6.02. The fourth-order valence-electron chi connectivity index (χ4n) is 1.99. The first-order chi connectivity index (χ1) is 11.2. The molecule has 0 fully saturated rings. The largest absolute Gasteiger partial charge is 0.352 e. The van der Waals surface area contributed by atoms with E-state index < -0.39 is 0 Å². The average Bonchev–Trinajstić information content (AvgIpc) is 2.55. The van der Waals surface area contributed by atoms with Crippen molar-refractivity contribution in [1.82, 2.24) is 5.32 Å². The molecule has 0 atom stereocenters. The van der Waals surface area contributed by atoms with Gasteiger partial charge in [-0.15, -0.1) is 0 Å². The lowest BCUT2D eigenvalue weighted by Gasteiger charge is -2.03. The molecule has 0 aliphatic carbocycles. The number of hydrogen-bond donors (Lipinski definition) is 1. The van der Waals surface area contributed by atoms with E-state index in [2.05, 4.69) is 61.7 Å². The predicted molar refractivity (Wildman–Crippen MR) is 99.3 cm³/mol. The number of carbonyl (C=O) groups is 1. The lowest BCUT2D eigenvalue weighted by molar-refractivity contribution is -0.116. The van der Waals surface area contributed by atoms with Crippen LogP contribution in [0.3, 0.4) is 0 Å². The van der Waals surface area contributed by atoms with Crippen molar-refractivity contribution < 1.29 is 4.79 Å². The van der Waals surface area contributed by atoms with E-state index >= 15 is 0 Å². The monoisotopic (exact) mass is 311 g/mol. The highest BCUT2D eigenvalue weighted by molar-refractivity contribution is 5.87. The van der Waals surface area contributed by atoms with Crippen molar-refractivity contribution in [2.75, 3.05) is 6.54 Å². The maximum absolute atomic E-state index is 11.4. The summed E-state index contributed by atoms with van der Waals surface area (Å²) < 4.78 is 0. The van der Waals surface area contributed by atoms with Gasteiger partial charge in [-0.05, 0) is 37.2 Å². The van der Waals surface area contributed by atoms with Crippen LogP contribution < -0.4 is 5.32 Å². The molecule has 0 aromatic heterocycles. The number of carbonyl (C=O) groups excluding carboxylic acids is 1. The number of amides is 1. The fraction of sp³-hybridized carbons (Fsp3) is 0.381. The summed E-state index contributed by atoms with van der Waals surface area (Å²) >= 11 is 0. The molecule has 2 heteroatoms. The number of hydrogen-bond acceptors (Lipinski definition) is 1. The molecule has 0 saturated carbocycles. The summed E-state index contributed by atoms with van der Waals surface area (Å²) in [5.41, 5.74) is 1.35. The zero-order valence-electron chi connectivity index (χ0n) is 14.4. The van der Waals surface area contributed by atoms with Crippen LogP contribution >= 0.6 is 0 Å². The molecule has 0 aliphatic heterocycles. The molecule has 1 amide bonds. The molecule has 124 valence electrons. The van der Waals surface area contributed by atoms with E-state index in [0.717, 1.165) is 32.2 Å². The van der Waals surface area contributed by atoms with E-state index in [4.69, 9.17) is 0 Å². The van der Waals surface area contributed by atoms with Gasteiger partial charge >= 0.3 is 0 Å². The van der Waals surface area contributed by atoms with E-state index in [1.807, 2.05) is 12.1 Å². The molecule has 0 spiro atoms. The molecule has 0 radical (unpaired) electrons. The Bertz CT molecular complexity index is 512. The standard InChI is InChI=1S/C21H29NO/c1-19(2)18-22-21(23)17-13-8-6-4-3-5-7-10-14-20-15-11-9-12-16-20/h6-13,15-17,19H,3-5,14,18H2,1-2H3,(H,22,23)/b8-6+,10-7+,17-13+. The van der Waals surface area contributed by atoms with Crippen molar-refractivity contribution in [2.45, 2.75) is 39.5 Å². The van der Waals surface area contributed by atoms with Crippen LogP contribution in [0.2, 0.25) is 0 Å².